The molecule has 0 radical (unpaired) electrons. The maximum absolute atomic E-state index is 12.3. The second-order valence-corrected chi connectivity index (χ2v) is 4.70. The van der Waals surface area contributed by atoms with Crippen molar-refractivity contribution in [1.29, 1.82) is 0 Å². The van der Waals surface area contributed by atoms with Crippen LogP contribution in [0.15, 0.2) is 48.5 Å². The van der Waals surface area contributed by atoms with Crippen LogP contribution < -0.4 is 10.6 Å². The number of anilines is 2. The lowest BCUT2D eigenvalue weighted by Crippen LogP contribution is -2.29. The molecule has 1 amide bonds. The number of carboxylic acid groups (broad SMARTS) is 1. The molecule has 0 aromatic heterocycles. The van der Waals surface area contributed by atoms with E-state index in [1.807, 2.05) is 6.07 Å². The molecule has 0 atom stereocenters. The van der Waals surface area contributed by atoms with E-state index in [0.29, 0.717) is 11.4 Å². The number of nitrogen functional groups attached to an aromatic ring is 1. The standard InChI is InChI=1S/C16H16N2O3/c1-18(14-8-3-2-7-13(14)16(20)21)15(19)10-11-5-4-6-12(17)9-11/h2-9H,10,17H2,1H3,(H,20,21). The normalized spacial score (nSPS) is 10.1. The number of hydrogen-bond acceptors (Lipinski definition) is 3. The maximum atomic E-state index is 12.3. The Morgan fingerprint density at radius 3 is 2.52 bits per heavy atom. The van der Waals surface area contributed by atoms with Crippen molar-refractivity contribution in [3.63, 3.8) is 0 Å². The number of carbonyl (C=O) groups excluding carboxylic acids is 1. The highest BCUT2D eigenvalue weighted by Gasteiger charge is 2.17. The molecule has 0 saturated heterocycles. The molecule has 0 heterocycles. The van der Waals surface area contributed by atoms with Gasteiger partial charge in [-0.2, -0.15) is 0 Å². The average Bonchev–Trinajstić information content (AvgIpc) is 2.46. The number of carboxylic acids is 1. The molecule has 0 unspecified atom stereocenters. The fraction of sp³-hybridized carbons (Fsp3) is 0.125. The Morgan fingerprint density at radius 2 is 1.86 bits per heavy atom. The average molecular weight is 284 g/mol. The quantitative estimate of drug-likeness (QED) is 0.843. The van der Waals surface area contributed by atoms with Crippen molar-refractivity contribution in [3.05, 3.63) is 59.7 Å². The number of rotatable bonds is 4. The van der Waals surface area contributed by atoms with Crippen LogP contribution in [0.25, 0.3) is 0 Å². The van der Waals surface area contributed by atoms with Gasteiger partial charge in [-0.05, 0) is 29.8 Å². The Balaban J connectivity index is 2.22. The second kappa shape index (κ2) is 6.09. The Morgan fingerprint density at radius 1 is 1.14 bits per heavy atom. The van der Waals surface area contributed by atoms with Crippen molar-refractivity contribution < 1.29 is 14.7 Å². The van der Waals surface area contributed by atoms with Crippen molar-refractivity contribution in [1.82, 2.24) is 0 Å². The summed E-state index contributed by atoms with van der Waals surface area (Å²) >= 11 is 0. The first-order valence-corrected chi connectivity index (χ1v) is 6.42. The molecule has 0 spiro atoms. The highest BCUT2D eigenvalue weighted by atomic mass is 16.4. The fourth-order valence-corrected chi connectivity index (χ4v) is 2.08. The summed E-state index contributed by atoms with van der Waals surface area (Å²) in [5, 5.41) is 9.17. The van der Waals surface area contributed by atoms with Gasteiger partial charge in [0.15, 0.2) is 0 Å². The molecular weight excluding hydrogens is 268 g/mol. The highest BCUT2D eigenvalue weighted by Crippen LogP contribution is 2.20. The van der Waals surface area contributed by atoms with E-state index in [4.69, 9.17) is 10.8 Å². The van der Waals surface area contributed by atoms with E-state index in [0.717, 1.165) is 5.56 Å². The molecule has 2 rings (SSSR count). The Labute approximate surface area is 122 Å². The van der Waals surface area contributed by atoms with Gasteiger partial charge in [-0.1, -0.05) is 24.3 Å². The minimum absolute atomic E-state index is 0.0981. The monoisotopic (exact) mass is 284 g/mol. The minimum atomic E-state index is -1.06. The first-order valence-electron chi connectivity index (χ1n) is 6.42. The van der Waals surface area contributed by atoms with E-state index in [2.05, 4.69) is 0 Å². The summed E-state index contributed by atoms with van der Waals surface area (Å²) in [6, 6.07) is 13.5. The van der Waals surface area contributed by atoms with Gasteiger partial charge in [0, 0.05) is 12.7 Å². The van der Waals surface area contributed by atoms with Crippen LogP contribution in [-0.2, 0) is 11.2 Å². The lowest BCUT2D eigenvalue weighted by molar-refractivity contribution is -0.117. The summed E-state index contributed by atoms with van der Waals surface area (Å²) in [4.78, 5) is 24.8. The van der Waals surface area contributed by atoms with Gasteiger partial charge >= 0.3 is 5.97 Å². The lowest BCUT2D eigenvalue weighted by atomic mass is 10.1. The van der Waals surface area contributed by atoms with Crippen LogP contribution in [-0.4, -0.2) is 24.0 Å². The largest absolute Gasteiger partial charge is 0.478 e. The van der Waals surface area contributed by atoms with Crippen LogP contribution in [0, 0.1) is 0 Å². The van der Waals surface area contributed by atoms with Crippen LogP contribution in [0.2, 0.25) is 0 Å². The zero-order valence-corrected chi connectivity index (χ0v) is 11.6. The second-order valence-electron chi connectivity index (χ2n) is 4.70. The molecule has 0 aliphatic carbocycles. The first kappa shape index (κ1) is 14.6. The summed E-state index contributed by atoms with van der Waals surface area (Å²) in [5.41, 5.74) is 7.54. The smallest absolute Gasteiger partial charge is 0.337 e. The van der Waals surface area contributed by atoms with E-state index < -0.39 is 5.97 Å². The molecule has 0 bridgehead atoms. The Hall–Kier alpha value is -2.82. The molecule has 3 N–H and O–H groups in total. The van der Waals surface area contributed by atoms with Gasteiger partial charge in [-0.15, -0.1) is 0 Å². The molecule has 5 nitrogen and oxygen atoms in total. The van der Waals surface area contributed by atoms with Crippen LogP contribution in [0.3, 0.4) is 0 Å². The van der Waals surface area contributed by atoms with Gasteiger partial charge in [0.1, 0.15) is 0 Å². The summed E-state index contributed by atoms with van der Waals surface area (Å²) in [5.74, 6) is -1.26. The number of nitrogens with zero attached hydrogens (tertiary/aromatic N) is 1. The SMILES string of the molecule is CN(C(=O)Cc1cccc(N)c1)c1ccccc1C(=O)O. The van der Waals surface area contributed by atoms with Crippen LogP contribution in [0.1, 0.15) is 15.9 Å². The topological polar surface area (TPSA) is 83.6 Å². The zero-order chi connectivity index (χ0) is 15.4. The molecular formula is C16H16N2O3. The van der Waals surface area contributed by atoms with Gasteiger partial charge in [0.05, 0.1) is 17.7 Å². The maximum Gasteiger partial charge on any atom is 0.337 e. The first-order chi connectivity index (χ1) is 9.99. The molecule has 21 heavy (non-hydrogen) atoms. The predicted molar refractivity (Wildman–Crippen MR) is 81.4 cm³/mol. The zero-order valence-electron chi connectivity index (χ0n) is 11.6. The molecule has 2 aromatic carbocycles. The van der Waals surface area contributed by atoms with E-state index in [1.165, 1.54) is 11.0 Å². The number of aromatic carboxylic acids is 1. The third-order valence-corrected chi connectivity index (χ3v) is 3.18. The van der Waals surface area contributed by atoms with Crippen molar-refractivity contribution >= 4 is 23.3 Å². The van der Waals surface area contributed by atoms with Crippen LogP contribution in [0.5, 0.6) is 0 Å². The summed E-state index contributed by atoms with van der Waals surface area (Å²) in [6.45, 7) is 0. The van der Waals surface area contributed by atoms with Gasteiger partial charge in [-0.25, -0.2) is 4.79 Å². The van der Waals surface area contributed by atoms with E-state index in [-0.39, 0.29) is 17.9 Å². The number of para-hydroxylation sites is 1. The number of likely N-dealkylation sites (N-methyl/N-ethyl adjacent to an activating group) is 1. The number of nitrogens with two attached hydrogens (primary N) is 1. The fourth-order valence-electron chi connectivity index (χ4n) is 2.08. The summed E-state index contributed by atoms with van der Waals surface area (Å²) < 4.78 is 0. The molecule has 0 aliphatic heterocycles. The van der Waals surface area contributed by atoms with E-state index in [1.54, 1.807) is 43.4 Å². The minimum Gasteiger partial charge on any atom is -0.478 e. The van der Waals surface area contributed by atoms with E-state index >= 15 is 0 Å². The number of carbonyl (C=O) groups is 2. The Bertz CT molecular complexity index is 683. The molecule has 0 fully saturated rings. The van der Waals surface area contributed by atoms with Gasteiger partial charge in [-0.3, -0.25) is 4.79 Å². The van der Waals surface area contributed by atoms with Crippen molar-refractivity contribution in [3.8, 4) is 0 Å². The molecule has 2 aromatic rings. The van der Waals surface area contributed by atoms with E-state index in [9.17, 15) is 9.59 Å². The molecule has 0 aliphatic rings. The molecule has 0 saturated carbocycles. The summed E-state index contributed by atoms with van der Waals surface area (Å²) in [7, 11) is 1.57. The van der Waals surface area contributed by atoms with Gasteiger partial charge in [0.2, 0.25) is 5.91 Å². The lowest BCUT2D eigenvalue weighted by Gasteiger charge is -2.19. The number of amides is 1. The predicted octanol–water partition coefficient (Wildman–Crippen LogP) is 2.17. The molecule has 108 valence electrons. The highest BCUT2D eigenvalue weighted by molar-refractivity contribution is 6.02. The number of benzene rings is 2. The van der Waals surface area contributed by atoms with Crippen molar-refractivity contribution in [2.75, 3.05) is 17.7 Å². The van der Waals surface area contributed by atoms with Crippen molar-refractivity contribution in [2.45, 2.75) is 6.42 Å². The number of hydrogen-bond donors (Lipinski definition) is 2. The van der Waals surface area contributed by atoms with Crippen LogP contribution >= 0.6 is 0 Å². The van der Waals surface area contributed by atoms with Gasteiger partial charge < -0.3 is 15.7 Å². The van der Waals surface area contributed by atoms with Gasteiger partial charge in [0.25, 0.3) is 0 Å². The molecule has 5 heteroatoms. The summed E-state index contributed by atoms with van der Waals surface area (Å²) in [6.07, 6.45) is 0.162. The third kappa shape index (κ3) is 3.39. The van der Waals surface area contributed by atoms with Crippen LogP contribution in [0.4, 0.5) is 11.4 Å². The third-order valence-electron chi connectivity index (χ3n) is 3.18. The van der Waals surface area contributed by atoms with Crippen molar-refractivity contribution in [2.24, 2.45) is 0 Å². The Kier molecular flexibility index (Phi) is 4.23.